The molecule has 0 heterocycles. The number of quaternary nitrogens is 1. The molecule has 1 atom stereocenters. The Kier molecular flexibility index (Phi) is 17.7. The number of nitrogens with zero attached hydrogens (tertiary/aromatic N) is 1. The highest BCUT2D eigenvalue weighted by atomic mass is 31.2. The van der Waals surface area contributed by atoms with Crippen molar-refractivity contribution in [2.24, 2.45) is 0 Å². The zero-order chi connectivity index (χ0) is 24.3. The average molecular weight is 475 g/mol. The summed E-state index contributed by atoms with van der Waals surface area (Å²) >= 11 is 0. The van der Waals surface area contributed by atoms with E-state index in [0.717, 1.165) is 25.7 Å². The highest BCUT2D eigenvalue weighted by molar-refractivity contribution is 7.53. The Bertz CT molecular complexity index is 551. The van der Waals surface area contributed by atoms with E-state index < -0.39 is 12.9 Å². The molecule has 0 aromatic heterocycles. The first kappa shape index (κ1) is 31.6. The Labute approximate surface area is 198 Å². The lowest BCUT2D eigenvalue weighted by Gasteiger charge is -2.35. The summed E-state index contributed by atoms with van der Waals surface area (Å²) in [6, 6.07) is 0. The molecule has 0 aliphatic carbocycles. The van der Waals surface area contributed by atoms with Gasteiger partial charge in [-0.15, -0.1) is 0 Å². The van der Waals surface area contributed by atoms with Crippen LogP contribution in [-0.4, -0.2) is 52.4 Å². The lowest BCUT2D eigenvalue weighted by Crippen LogP contribution is -2.49. The summed E-state index contributed by atoms with van der Waals surface area (Å²) in [5.74, 6) is 0. The summed E-state index contributed by atoms with van der Waals surface area (Å²) < 4.78 is 12.1. The van der Waals surface area contributed by atoms with Gasteiger partial charge in [0.05, 0.1) is 21.1 Å². The van der Waals surface area contributed by atoms with Crippen molar-refractivity contribution in [1.29, 1.82) is 0 Å². The SMILES string of the molecule is CC/C=C\CCCCC/C=C\CCCCCCCCCCC(O)(C[N+](C)(C)C)P(=O)(O)O. The number of rotatable bonds is 21. The molecule has 190 valence electrons. The van der Waals surface area contributed by atoms with E-state index in [4.69, 9.17) is 0 Å². The number of unbranched alkanes of at least 4 members (excludes halogenated alkanes) is 12. The van der Waals surface area contributed by atoms with Crippen LogP contribution < -0.4 is 0 Å². The molecule has 1 unspecified atom stereocenters. The van der Waals surface area contributed by atoms with Crippen LogP contribution in [-0.2, 0) is 4.57 Å². The van der Waals surface area contributed by atoms with Gasteiger partial charge in [0, 0.05) is 0 Å². The standard InChI is InChI=1S/C26H52NO4P/c1-5-6-7-8-9-10-11-12-13-14-15-16-17-18-19-20-21-22-23-24-26(28,32(29,30)31)25-27(2,3)4/h6-7,13-14,28H,5,8-12,15-25H2,1-4H3,(H-,29,30,31)/p+1/b7-6-,14-13-. The van der Waals surface area contributed by atoms with E-state index >= 15 is 0 Å². The van der Waals surface area contributed by atoms with Gasteiger partial charge in [-0.25, -0.2) is 0 Å². The van der Waals surface area contributed by atoms with Crippen LogP contribution in [0.5, 0.6) is 0 Å². The van der Waals surface area contributed by atoms with Crippen LogP contribution in [0.15, 0.2) is 24.3 Å². The number of aliphatic hydroxyl groups is 1. The summed E-state index contributed by atoms with van der Waals surface area (Å²) in [7, 11) is 0.969. The normalized spacial score (nSPS) is 15.1. The maximum absolute atomic E-state index is 11.8. The third kappa shape index (κ3) is 18.0. The van der Waals surface area contributed by atoms with Crippen molar-refractivity contribution in [2.45, 2.75) is 115 Å². The Morgan fingerprint density at radius 2 is 1.06 bits per heavy atom. The van der Waals surface area contributed by atoms with E-state index in [1.54, 1.807) is 0 Å². The third-order valence-corrected chi connectivity index (χ3v) is 7.23. The van der Waals surface area contributed by atoms with E-state index in [9.17, 15) is 19.5 Å². The molecule has 5 nitrogen and oxygen atoms in total. The van der Waals surface area contributed by atoms with Crippen LogP contribution in [0.3, 0.4) is 0 Å². The second kappa shape index (κ2) is 18.0. The minimum absolute atomic E-state index is 0.0579. The first-order chi connectivity index (χ1) is 15.0. The second-order valence-corrected chi connectivity index (χ2v) is 12.3. The first-order valence-electron chi connectivity index (χ1n) is 12.9. The number of hydrogen-bond acceptors (Lipinski definition) is 2. The van der Waals surface area contributed by atoms with Crippen LogP contribution in [0.2, 0.25) is 0 Å². The lowest BCUT2D eigenvalue weighted by atomic mass is 10.0. The average Bonchev–Trinajstić information content (AvgIpc) is 2.67. The second-order valence-electron chi connectivity index (χ2n) is 10.3. The molecule has 32 heavy (non-hydrogen) atoms. The van der Waals surface area contributed by atoms with Crippen LogP contribution in [0.1, 0.15) is 110 Å². The molecular weight excluding hydrogens is 421 g/mol. The van der Waals surface area contributed by atoms with Crippen LogP contribution in [0, 0.1) is 0 Å². The van der Waals surface area contributed by atoms with E-state index in [2.05, 4.69) is 31.2 Å². The predicted molar refractivity (Wildman–Crippen MR) is 138 cm³/mol. The summed E-state index contributed by atoms with van der Waals surface area (Å²) in [5.41, 5.74) is 0. The minimum Gasteiger partial charge on any atom is -0.373 e. The van der Waals surface area contributed by atoms with Crippen molar-refractivity contribution >= 4 is 7.60 Å². The number of allylic oxidation sites excluding steroid dienone is 4. The van der Waals surface area contributed by atoms with Gasteiger partial charge in [0.1, 0.15) is 6.54 Å². The molecule has 0 bridgehead atoms. The highest BCUT2D eigenvalue weighted by Crippen LogP contribution is 2.52. The van der Waals surface area contributed by atoms with Crippen LogP contribution in [0.4, 0.5) is 0 Å². The van der Waals surface area contributed by atoms with Gasteiger partial charge >= 0.3 is 7.60 Å². The summed E-state index contributed by atoms with van der Waals surface area (Å²) in [4.78, 5) is 19.2. The zero-order valence-corrected chi connectivity index (χ0v) is 22.4. The minimum atomic E-state index is -4.55. The summed E-state index contributed by atoms with van der Waals surface area (Å²) in [6.07, 6.45) is 26.9. The quantitative estimate of drug-likeness (QED) is 0.0729. The van der Waals surface area contributed by atoms with E-state index in [1.807, 2.05) is 21.1 Å². The monoisotopic (exact) mass is 474 g/mol. The van der Waals surface area contributed by atoms with Gasteiger partial charge in [0.2, 0.25) is 5.34 Å². The predicted octanol–water partition coefficient (Wildman–Crippen LogP) is 6.93. The molecule has 0 aromatic rings. The number of hydrogen-bond donors (Lipinski definition) is 3. The number of likely N-dealkylation sites (N-methyl/N-ethyl adjacent to an activating group) is 1. The molecule has 6 heteroatoms. The van der Waals surface area contributed by atoms with Gasteiger partial charge < -0.3 is 19.4 Å². The fourth-order valence-electron chi connectivity index (χ4n) is 4.03. The van der Waals surface area contributed by atoms with Gasteiger partial charge in [-0.05, 0) is 57.8 Å². The maximum atomic E-state index is 11.8. The van der Waals surface area contributed by atoms with Crippen molar-refractivity contribution in [1.82, 2.24) is 0 Å². The largest absolute Gasteiger partial charge is 0.373 e. The Hall–Kier alpha value is -0.450. The van der Waals surface area contributed by atoms with E-state index in [0.29, 0.717) is 10.9 Å². The van der Waals surface area contributed by atoms with Gasteiger partial charge in [-0.2, -0.15) is 0 Å². The molecular formula is C26H53NO4P+. The summed E-state index contributed by atoms with van der Waals surface area (Å²) in [5, 5.41) is 8.63. The third-order valence-electron chi connectivity index (χ3n) is 5.78. The maximum Gasteiger partial charge on any atom is 0.362 e. The molecule has 0 saturated carbocycles. The Balaban J connectivity index is 3.62. The summed E-state index contributed by atoms with van der Waals surface area (Å²) in [6.45, 7) is 2.24. The molecule has 0 rings (SSSR count). The molecule has 0 aromatic carbocycles. The molecule has 3 N–H and O–H groups in total. The lowest BCUT2D eigenvalue weighted by molar-refractivity contribution is -0.875. The van der Waals surface area contributed by atoms with Crippen molar-refractivity contribution in [2.75, 3.05) is 27.7 Å². The van der Waals surface area contributed by atoms with Crippen molar-refractivity contribution in [3.63, 3.8) is 0 Å². The zero-order valence-electron chi connectivity index (χ0n) is 21.5. The highest BCUT2D eigenvalue weighted by Gasteiger charge is 2.48. The topological polar surface area (TPSA) is 77.8 Å². The molecule has 0 aliphatic rings. The van der Waals surface area contributed by atoms with E-state index in [1.165, 1.54) is 64.2 Å². The van der Waals surface area contributed by atoms with Gasteiger partial charge in [0.25, 0.3) is 0 Å². The van der Waals surface area contributed by atoms with E-state index in [-0.39, 0.29) is 13.0 Å². The Morgan fingerprint density at radius 3 is 1.47 bits per heavy atom. The first-order valence-corrected chi connectivity index (χ1v) is 14.5. The fourth-order valence-corrected chi connectivity index (χ4v) is 5.09. The molecule has 0 fully saturated rings. The van der Waals surface area contributed by atoms with Crippen LogP contribution >= 0.6 is 7.60 Å². The smallest absolute Gasteiger partial charge is 0.362 e. The van der Waals surface area contributed by atoms with Crippen molar-refractivity contribution in [3.05, 3.63) is 24.3 Å². The molecule has 0 aliphatic heterocycles. The molecule has 0 amide bonds. The Morgan fingerprint density at radius 1 is 0.688 bits per heavy atom. The molecule has 0 radical (unpaired) electrons. The van der Waals surface area contributed by atoms with Gasteiger partial charge in [-0.3, -0.25) is 4.57 Å². The van der Waals surface area contributed by atoms with Crippen molar-refractivity contribution < 1.29 is 23.9 Å². The van der Waals surface area contributed by atoms with Crippen molar-refractivity contribution in [3.8, 4) is 0 Å². The molecule has 0 saturated heterocycles. The van der Waals surface area contributed by atoms with Gasteiger partial charge in [0.15, 0.2) is 0 Å². The molecule has 0 spiro atoms. The fraction of sp³-hybridized carbons (Fsp3) is 0.846. The van der Waals surface area contributed by atoms with Crippen LogP contribution in [0.25, 0.3) is 0 Å². The van der Waals surface area contributed by atoms with Gasteiger partial charge in [-0.1, -0.05) is 76.2 Å².